The van der Waals surface area contributed by atoms with E-state index in [0.717, 1.165) is 17.7 Å². The van der Waals surface area contributed by atoms with Crippen molar-refractivity contribution in [3.05, 3.63) is 53.6 Å². The highest BCUT2D eigenvalue weighted by atomic mass is 16.6. The van der Waals surface area contributed by atoms with Gasteiger partial charge in [0.15, 0.2) is 0 Å². The number of hydrogen-bond acceptors (Lipinski definition) is 5. The molecule has 0 spiro atoms. The van der Waals surface area contributed by atoms with Crippen LogP contribution in [0.3, 0.4) is 0 Å². The van der Waals surface area contributed by atoms with Gasteiger partial charge in [0.25, 0.3) is 0 Å². The van der Waals surface area contributed by atoms with Crippen molar-refractivity contribution in [2.45, 2.75) is 12.5 Å². The van der Waals surface area contributed by atoms with Crippen LogP contribution in [0.5, 0.6) is 5.75 Å². The van der Waals surface area contributed by atoms with E-state index < -0.39 is 5.97 Å². The van der Waals surface area contributed by atoms with E-state index in [1.54, 1.807) is 18.2 Å². The van der Waals surface area contributed by atoms with Gasteiger partial charge < -0.3 is 20.9 Å². The Morgan fingerprint density at radius 2 is 1.90 bits per heavy atom. The monoisotopic (exact) mass is 284 g/mol. The number of nitrogen functional groups attached to an aromatic ring is 2. The fraction of sp³-hybridized carbons (Fsp3) is 0.188. The Kier molecular flexibility index (Phi) is 3.39. The molecule has 0 aliphatic carbocycles. The van der Waals surface area contributed by atoms with Gasteiger partial charge in [0.05, 0.1) is 5.56 Å². The molecule has 0 fully saturated rings. The molecule has 3 rings (SSSR count). The number of carbonyl (C=O) groups excluding carboxylic acids is 1. The number of nitrogens with two attached hydrogens (primary N) is 2. The van der Waals surface area contributed by atoms with Crippen molar-refractivity contribution in [3.8, 4) is 5.75 Å². The highest BCUT2D eigenvalue weighted by Crippen LogP contribution is 2.28. The second-order valence-corrected chi connectivity index (χ2v) is 5.04. The van der Waals surface area contributed by atoms with Gasteiger partial charge in [-0.2, -0.15) is 0 Å². The molecular formula is C16H16N2O3. The first kappa shape index (κ1) is 13.3. The highest BCUT2D eigenvalue weighted by molar-refractivity contribution is 5.91. The van der Waals surface area contributed by atoms with Crippen LogP contribution in [-0.4, -0.2) is 18.7 Å². The minimum Gasteiger partial charge on any atom is -0.486 e. The smallest absolute Gasteiger partial charge is 0.338 e. The van der Waals surface area contributed by atoms with Crippen molar-refractivity contribution in [2.75, 3.05) is 18.1 Å². The van der Waals surface area contributed by atoms with E-state index in [9.17, 15) is 4.79 Å². The van der Waals surface area contributed by atoms with E-state index in [1.165, 1.54) is 0 Å². The van der Waals surface area contributed by atoms with Crippen LogP contribution >= 0.6 is 0 Å². The molecule has 1 heterocycles. The normalized spacial score (nSPS) is 16.1. The zero-order valence-corrected chi connectivity index (χ0v) is 11.4. The summed E-state index contributed by atoms with van der Waals surface area (Å²) in [6, 6.07) is 12.5. The maximum absolute atomic E-state index is 12.0. The first-order valence-corrected chi connectivity index (χ1v) is 6.69. The van der Waals surface area contributed by atoms with Gasteiger partial charge in [-0.3, -0.25) is 0 Å². The molecule has 1 aliphatic heterocycles. The number of carbonyl (C=O) groups is 1. The second kappa shape index (κ2) is 5.36. The molecule has 5 nitrogen and oxygen atoms in total. The summed E-state index contributed by atoms with van der Waals surface area (Å²) in [4.78, 5) is 12.0. The van der Waals surface area contributed by atoms with E-state index in [-0.39, 0.29) is 12.7 Å². The first-order chi connectivity index (χ1) is 10.1. The Balaban J connectivity index is 1.60. The summed E-state index contributed by atoms with van der Waals surface area (Å²) in [7, 11) is 0. The van der Waals surface area contributed by atoms with Crippen molar-refractivity contribution in [1.82, 2.24) is 0 Å². The Morgan fingerprint density at radius 3 is 2.62 bits per heavy atom. The van der Waals surface area contributed by atoms with Gasteiger partial charge in [-0.25, -0.2) is 4.79 Å². The lowest BCUT2D eigenvalue weighted by Gasteiger charge is -2.11. The number of ether oxygens (including phenoxy) is 2. The number of para-hydroxylation sites is 1. The number of rotatable bonds is 3. The molecule has 0 saturated heterocycles. The Morgan fingerprint density at radius 1 is 1.19 bits per heavy atom. The summed E-state index contributed by atoms with van der Waals surface area (Å²) in [5.74, 6) is 0.403. The number of anilines is 2. The highest BCUT2D eigenvalue weighted by Gasteiger charge is 2.23. The summed E-state index contributed by atoms with van der Waals surface area (Å²) in [6.45, 7) is 0.197. The summed E-state index contributed by atoms with van der Waals surface area (Å²) in [5.41, 5.74) is 13.7. The maximum Gasteiger partial charge on any atom is 0.338 e. The van der Waals surface area contributed by atoms with Crippen molar-refractivity contribution < 1.29 is 14.3 Å². The zero-order valence-electron chi connectivity index (χ0n) is 11.4. The molecule has 1 atom stereocenters. The molecule has 1 unspecified atom stereocenters. The van der Waals surface area contributed by atoms with Gasteiger partial charge in [-0.05, 0) is 29.8 Å². The molecule has 0 amide bonds. The van der Waals surface area contributed by atoms with E-state index in [1.807, 2.05) is 24.3 Å². The molecule has 4 N–H and O–H groups in total. The van der Waals surface area contributed by atoms with Crippen LogP contribution in [0.2, 0.25) is 0 Å². The topological polar surface area (TPSA) is 87.6 Å². The second-order valence-electron chi connectivity index (χ2n) is 5.04. The van der Waals surface area contributed by atoms with Crippen LogP contribution in [0.25, 0.3) is 0 Å². The van der Waals surface area contributed by atoms with Crippen molar-refractivity contribution in [1.29, 1.82) is 0 Å². The number of fused-ring (bicyclic) bond motifs is 1. The summed E-state index contributed by atoms with van der Waals surface area (Å²) in [5, 5.41) is 0. The van der Waals surface area contributed by atoms with Gasteiger partial charge in [0.2, 0.25) is 0 Å². The fourth-order valence-corrected chi connectivity index (χ4v) is 2.39. The van der Waals surface area contributed by atoms with E-state index in [2.05, 4.69) is 0 Å². The molecule has 2 aromatic carbocycles. The summed E-state index contributed by atoms with van der Waals surface area (Å²) < 4.78 is 11.0. The summed E-state index contributed by atoms with van der Waals surface area (Å²) >= 11 is 0. The van der Waals surface area contributed by atoms with E-state index in [0.29, 0.717) is 16.9 Å². The van der Waals surface area contributed by atoms with Gasteiger partial charge >= 0.3 is 5.97 Å². The lowest BCUT2D eigenvalue weighted by molar-refractivity contribution is 0.0347. The average Bonchev–Trinajstić information content (AvgIpc) is 2.86. The average molecular weight is 284 g/mol. The lowest BCUT2D eigenvalue weighted by Crippen LogP contribution is -2.23. The van der Waals surface area contributed by atoms with Crippen LogP contribution in [0.4, 0.5) is 11.4 Å². The third kappa shape index (κ3) is 2.91. The Bertz CT molecular complexity index is 640. The minimum atomic E-state index is -0.450. The maximum atomic E-state index is 12.0. The van der Waals surface area contributed by atoms with Crippen LogP contribution in [0.1, 0.15) is 15.9 Å². The third-order valence-corrected chi connectivity index (χ3v) is 3.33. The minimum absolute atomic E-state index is 0.148. The quantitative estimate of drug-likeness (QED) is 0.665. The van der Waals surface area contributed by atoms with E-state index >= 15 is 0 Å². The predicted octanol–water partition coefficient (Wildman–Crippen LogP) is 2.01. The van der Waals surface area contributed by atoms with Gasteiger partial charge in [-0.1, -0.05) is 18.2 Å². The molecule has 2 aromatic rings. The Hall–Kier alpha value is -2.69. The largest absolute Gasteiger partial charge is 0.486 e. The van der Waals surface area contributed by atoms with Crippen LogP contribution in [0.15, 0.2) is 42.5 Å². The SMILES string of the molecule is Nc1cc(N)cc(C(=O)OCC2Cc3ccccc3O2)c1. The first-order valence-electron chi connectivity index (χ1n) is 6.69. The van der Waals surface area contributed by atoms with Crippen LogP contribution < -0.4 is 16.2 Å². The fourth-order valence-electron chi connectivity index (χ4n) is 2.39. The number of esters is 1. The molecule has 0 bridgehead atoms. The third-order valence-electron chi connectivity index (χ3n) is 3.33. The molecule has 21 heavy (non-hydrogen) atoms. The van der Waals surface area contributed by atoms with Crippen LogP contribution in [-0.2, 0) is 11.2 Å². The lowest BCUT2D eigenvalue weighted by atomic mass is 10.1. The molecule has 0 saturated carbocycles. The van der Waals surface area contributed by atoms with E-state index in [4.69, 9.17) is 20.9 Å². The van der Waals surface area contributed by atoms with Crippen molar-refractivity contribution in [3.63, 3.8) is 0 Å². The Labute approximate surface area is 122 Å². The van der Waals surface area contributed by atoms with Crippen molar-refractivity contribution in [2.24, 2.45) is 0 Å². The molecule has 5 heteroatoms. The molecule has 0 radical (unpaired) electrons. The molecule has 1 aliphatic rings. The standard InChI is InChI=1S/C16H16N2O3/c17-12-5-11(6-13(18)8-12)16(19)20-9-14-7-10-3-1-2-4-15(10)21-14/h1-6,8,14H,7,9,17-18H2. The van der Waals surface area contributed by atoms with Gasteiger partial charge in [0, 0.05) is 17.8 Å². The van der Waals surface area contributed by atoms with Gasteiger partial charge in [-0.15, -0.1) is 0 Å². The molecular weight excluding hydrogens is 268 g/mol. The summed E-state index contributed by atoms with van der Waals surface area (Å²) in [6.07, 6.45) is 0.590. The number of benzene rings is 2. The molecule has 108 valence electrons. The molecule has 0 aromatic heterocycles. The predicted molar refractivity (Wildman–Crippen MR) is 80.1 cm³/mol. The van der Waals surface area contributed by atoms with Crippen LogP contribution in [0, 0.1) is 0 Å². The van der Waals surface area contributed by atoms with Gasteiger partial charge in [0.1, 0.15) is 18.5 Å². The zero-order chi connectivity index (χ0) is 14.8. The number of hydrogen-bond donors (Lipinski definition) is 2. The van der Waals surface area contributed by atoms with Crippen molar-refractivity contribution >= 4 is 17.3 Å².